The van der Waals surface area contributed by atoms with Gasteiger partial charge < -0.3 is 10.5 Å². The molecule has 7 nitrogen and oxygen atoms in total. The van der Waals surface area contributed by atoms with Crippen LogP contribution in [0.5, 0.6) is 0 Å². The second-order valence-corrected chi connectivity index (χ2v) is 11.0. The summed E-state index contributed by atoms with van der Waals surface area (Å²) in [5, 5.41) is 3.88. The van der Waals surface area contributed by atoms with E-state index >= 15 is 0 Å². The first-order valence-corrected chi connectivity index (χ1v) is 12.3. The summed E-state index contributed by atoms with van der Waals surface area (Å²) in [6, 6.07) is 2.78. The minimum Gasteiger partial charge on any atom is -0.370 e. The summed E-state index contributed by atoms with van der Waals surface area (Å²) in [6.45, 7) is 1.45. The summed E-state index contributed by atoms with van der Waals surface area (Å²) < 4.78 is 61.0. The highest BCUT2D eigenvalue weighted by molar-refractivity contribution is 7.86. The van der Waals surface area contributed by atoms with E-state index in [1.54, 1.807) is 6.21 Å². The number of hydrogen-bond donors (Lipinski definition) is 1. The van der Waals surface area contributed by atoms with Crippen LogP contribution < -0.4 is 5.73 Å². The Kier molecular flexibility index (Phi) is 5.44. The maximum atomic E-state index is 14.2. The zero-order valence-corrected chi connectivity index (χ0v) is 18.0. The third-order valence-corrected chi connectivity index (χ3v) is 9.09. The molecular formula is C21H27F2N4O3S+. The van der Waals surface area contributed by atoms with Crippen LogP contribution in [0, 0.1) is 17.6 Å². The number of nitrogens with zero attached hydrogens (tertiary/aromatic N) is 3. The summed E-state index contributed by atoms with van der Waals surface area (Å²) in [7, 11) is -3.47. The second-order valence-electron chi connectivity index (χ2n) is 8.96. The largest absolute Gasteiger partial charge is 0.395 e. The Morgan fingerprint density at radius 2 is 2.00 bits per heavy atom. The highest BCUT2D eigenvalue weighted by Gasteiger charge is 2.50. The number of rotatable bonds is 4. The Hall–Kier alpha value is -1.75. The molecule has 3 fully saturated rings. The maximum Gasteiger partial charge on any atom is 0.395 e. The van der Waals surface area contributed by atoms with Crippen molar-refractivity contribution in [1.82, 2.24) is 4.90 Å². The molecule has 168 valence electrons. The molecule has 3 aliphatic heterocycles. The van der Waals surface area contributed by atoms with Crippen LogP contribution in [-0.4, -0.2) is 66.4 Å². The van der Waals surface area contributed by atoms with Crippen molar-refractivity contribution in [1.29, 1.82) is 0 Å². The van der Waals surface area contributed by atoms with Crippen LogP contribution in [0.3, 0.4) is 0 Å². The number of nitrogens with two attached hydrogens (primary N) is 1. The molecule has 31 heavy (non-hydrogen) atoms. The maximum absolute atomic E-state index is 14.2. The molecule has 1 saturated carbocycles. The van der Waals surface area contributed by atoms with Gasteiger partial charge in [-0.3, -0.25) is 4.90 Å². The number of likely N-dealkylation sites (tertiary alicyclic amines) is 1. The number of benzene rings is 1. The molecule has 4 aliphatic rings. The molecule has 4 atom stereocenters. The number of fused-ring (bicyclic) bond motifs is 1. The molecule has 0 amide bonds. The number of sulfonamides is 1. The van der Waals surface area contributed by atoms with Gasteiger partial charge in [0.15, 0.2) is 0 Å². The first kappa shape index (κ1) is 21.1. The van der Waals surface area contributed by atoms with Crippen molar-refractivity contribution in [2.24, 2.45) is 16.8 Å². The molecule has 1 aromatic carbocycles. The van der Waals surface area contributed by atoms with Crippen molar-refractivity contribution in [2.45, 2.75) is 55.5 Å². The van der Waals surface area contributed by atoms with Crippen LogP contribution in [-0.2, 0) is 14.8 Å². The predicted octanol–water partition coefficient (Wildman–Crippen LogP) is 1.78. The second kappa shape index (κ2) is 7.99. The average Bonchev–Trinajstić information content (AvgIpc) is 3.47. The first-order chi connectivity index (χ1) is 14.8. The fraction of sp³-hybridized carbons (Fsp3) is 0.619. The summed E-state index contributed by atoms with van der Waals surface area (Å²) in [6.07, 6.45) is 4.83. The third kappa shape index (κ3) is 3.73. The molecule has 10 heteroatoms. The van der Waals surface area contributed by atoms with E-state index in [1.807, 2.05) is 0 Å². The van der Waals surface area contributed by atoms with E-state index in [0.717, 1.165) is 36.8 Å². The van der Waals surface area contributed by atoms with Gasteiger partial charge in [0.25, 0.3) is 0 Å². The van der Waals surface area contributed by atoms with Gasteiger partial charge in [-0.15, -0.1) is 0 Å². The van der Waals surface area contributed by atoms with Crippen LogP contribution in [0.15, 0.2) is 23.3 Å². The van der Waals surface area contributed by atoms with Gasteiger partial charge in [-0.05, 0) is 37.5 Å². The number of hydrazone groups is 1. The smallest absolute Gasteiger partial charge is 0.370 e. The van der Waals surface area contributed by atoms with Gasteiger partial charge in [0.1, 0.15) is 23.0 Å². The standard InChI is InChI=1S/C21H27F2N4O3S/c22-14-5-6-18(23)17(7-14)21-19(24)8-15(12-30-21)26-10-13-9-25-27(20(13)11-26)31(28,29)16-3-1-2-4-16/h5-7,9,13,15-16,19,21H,1-4,8,10-12,24H2/q+1/t13?,15-,19+,21?/m1/s1. The van der Waals surface area contributed by atoms with Crippen LogP contribution in [0.2, 0.25) is 0 Å². The Morgan fingerprint density at radius 1 is 1.23 bits per heavy atom. The molecule has 3 heterocycles. The fourth-order valence-corrected chi connectivity index (χ4v) is 7.20. The fourth-order valence-electron chi connectivity index (χ4n) is 5.29. The lowest BCUT2D eigenvalue weighted by Gasteiger charge is -2.38. The van der Waals surface area contributed by atoms with Gasteiger partial charge in [-0.2, -0.15) is 8.42 Å². The van der Waals surface area contributed by atoms with Crippen LogP contribution in [0.4, 0.5) is 8.78 Å². The lowest BCUT2D eigenvalue weighted by molar-refractivity contribution is -0.368. The lowest BCUT2D eigenvalue weighted by Crippen LogP contribution is -2.49. The Bertz CT molecular complexity index is 1040. The zero-order valence-electron chi connectivity index (χ0n) is 17.2. The first-order valence-electron chi connectivity index (χ1n) is 10.8. The number of hydrogen-bond acceptors (Lipinski definition) is 6. The van der Waals surface area contributed by atoms with E-state index in [4.69, 9.17) is 10.5 Å². The predicted molar refractivity (Wildman–Crippen MR) is 111 cm³/mol. The van der Waals surface area contributed by atoms with Crippen LogP contribution in [0.1, 0.15) is 43.8 Å². The molecule has 1 aromatic rings. The normalized spacial score (nSPS) is 32.2. The summed E-state index contributed by atoms with van der Waals surface area (Å²) in [5.74, 6) is -1.10. The minimum absolute atomic E-state index is 0.0228. The van der Waals surface area contributed by atoms with Crippen molar-refractivity contribution in [3.05, 3.63) is 35.4 Å². The van der Waals surface area contributed by atoms with E-state index in [1.165, 1.54) is 4.09 Å². The highest BCUT2D eigenvalue weighted by Crippen LogP contribution is 2.34. The molecule has 2 unspecified atom stereocenters. The summed E-state index contributed by atoms with van der Waals surface area (Å²) in [4.78, 5) is 2.17. The molecule has 5 rings (SSSR count). The lowest BCUT2D eigenvalue weighted by atomic mass is 9.93. The van der Waals surface area contributed by atoms with Gasteiger partial charge in [0, 0.05) is 33.4 Å². The van der Waals surface area contributed by atoms with Gasteiger partial charge in [0.05, 0.1) is 25.3 Å². The molecule has 0 bridgehead atoms. The Labute approximate surface area is 180 Å². The van der Waals surface area contributed by atoms with Crippen LogP contribution in [0.25, 0.3) is 0 Å². The quantitative estimate of drug-likeness (QED) is 0.703. The van der Waals surface area contributed by atoms with Crippen LogP contribution >= 0.6 is 0 Å². The van der Waals surface area contributed by atoms with Gasteiger partial charge in [-0.25, -0.2) is 8.78 Å². The highest BCUT2D eigenvalue weighted by atomic mass is 32.2. The third-order valence-electron chi connectivity index (χ3n) is 6.97. The van der Waals surface area contributed by atoms with Gasteiger partial charge in [0.2, 0.25) is 5.71 Å². The van der Waals surface area contributed by atoms with Crippen molar-refractivity contribution < 1.29 is 26.0 Å². The molecule has 2 saturated heterocycles. The molecule has 0 aromatic heterocycles. The molecular weight excluding hydrogens is 426 g/mol. The van der Waals surface area contributed by atoms with E-state index in [-0.39, 0.29) is 22.8 Å². The molecule has 1 aliphatic carbocycles. The summed E-state index contributed by atoms with van der Waals surface area (Å²) >= 11 is 0. The van der Waals surface area contributed by atoms with Crippen molar-refractivity contribution in [3.63, 3.8) is 0 Å². The minimum atomic E-state index is -3.47. The monoisotopic (exact) mass is 453 g/mol. The van der Waals surface area contributed by atoms with E-state index in [2.05, 4.69) is 10.0 Å². The van der Waals surface area contributed by atoms with Crippen molar-refractivity contribution >= 4 is 21.9 Å². The van der Waals surface area contributed by atoms with Crippen molar-refractivity contribution in [2.75, 3.05) is 19.7 Å². The zero-order chi connectivity index (χ0) is 21.8. The van der Waals surface area contributed by atoms with Gasteiger partial charge >= 0.3 is 10.0 Å². The average molecular weight is 454 g/mol. The Morgan fingerprint density at radius 3 is 2.74 bits per heavy atom. The van der Waals surface area contributed by atoms with Crippen molar-refractivity contribution in [3.8, 4) is 0 Å². The van der Waals surface area contributed by atoms with E-state index in [0.29, 0.717) is 39.0 Å². The van der Waals surface area contributed by atoms with E-state index in [9.17, 15) is 17.2 Å². The summed E-state index contributed by atoms with van der Waals surface area (Å²) in [5.41, 5.74) is 7.23. The molecule has 2 N–H and O–H groups in total. The Balaban J connectivity index is 1.30. The van der Waals surface area contributed by atoms with E-state index < -0.39 is 33.8 Å². The molecule has 0 radical (unpaired) electrons. The SMILES string of the molecule is N[C@H]1C[C@@H](N2CC3=[N+](S(=O)(=O)C4CCCC4)N=CC3C2)COC1c1cc(F)ccc1F. The van der Waals surface area contributed by atoms with Gasteiger partial charge in [-0.1, -0.05) is 12.8 Å². The topological polar surface area (TPSA) is 88.0 Å². The molecule has 0 spiro atoms. The number of ether oxygens (including phenoxy) is 1. The number of halogens is 2.